The van der Waals surface area contributed by atoms with E-state index in [-0.39, 0.29) is 33.5 Å². The van der Waals surface area contributed by atoms with Crippen LogP contribution in [0.3, 0.4) is 0 Å². The Morgan fingerprint density at radius 2 is 1.20 bits per heavy atom. The van der Waals surface area contributed by atoms with Crippen molar-refractivity contribution in [3.63, 3.8) is 0 Å². The van der Waals surface area contributed by atoms with E-state index >= 15 is 0 Å². The van der Waals surface area contributed by atoms with Gasteiger partial charge in [-0.3, -0.25) is 0 Å². The molecule has 124 valence electrons. The fraction of sp³-hybridized carbons (Fsp3) is 0. The van der Waals surface area contributed by atoms with Gasteiger partial charge in [0.25, 0.3) is 0 Å². The van der Waals surface area contributed by atoms with Gasteiger partial charge in [-0.1, -0.05) is 36.4 Å². The Bertz CT molecular complexity index is 990. The summed E-state index contributed by atoms with van der Waals surface area (Å²) in [6.07, 6.45) is 0. The standard InChI is InChI=1S/C21H15O2S.BrH/c22-21-14-12-16-11-13-19(15-20(16)23-21)24(17-7-3-1-4-8-17)18-9-5-2-6-10-18;/h1-15H;1H/q+1;/p-1. The second kappa shape index (κ2) is 7.72. The van der Waals surface area contributed by atoms with Crippen LogP contribution in [0, 0.1) is 0 Å². The summed E-state index contributed by atoms with van der Waals surface area (Å²) < 4.78 is 5.37. The highest BCUT2D eigenvalue weighted by atomic mass is 79.9. The van der Waals surface area contributed by atoms with Gasteiger partial charge >= 0.3 is 5.63 Å². The highest BCUT2D eigenvalue weighted by molar-refractivity contribution is 7.97. The Hall–Kier alpha value is -2.30. The maximum Gasteiger partial charge on any atom is 0.336 e. The van der Waals surface area contributed by atoms with E-state index in [0.717, 1.165) is 10.3 Å². The number of rotatable bonds is 3. The van der Waals surface area contributed by atoms with Gasteiger partial charge in [0.1, 0.15) is 5.58 Å². The fourth-order valence-corrected chi connectivity index (χ4v) is 4.79. The second-order valence-electron chi connectivity index (χ2n) is 5.39. The average molecular weight is 411 g/mol. The van der Waals surface area contributed by atoms with Crippen LogP contribution in [0.4, 0.5) is 0 Å². The number of hydrogen-bond donors (Lipinski definition) is 0. The molecular formula is C21H15BrO2S. The Kier molecular flexibility index (Phi) is 5.41. The molecule has 0 aliphatic heterocycles. The number of fused-ring (bicyclic) bond motifs is 1. The van der Waals surface area contributed by atoms with Gasteiger partial charge < -0.3 is 21.4 Å². The van der Waals surface area contributed by atoms with Crippen LogP contribution < -0.4 is 22.6 Å². The minimum Gasteiger partial charge on any atom is -1.00 e. The summed E-state index contributed by atoms with van der Waals surface area (Å²) in [6.45, 7) is 0. The average Bonchev–Trinajstić information content (AvgIpc) is 2.63. The van der Waals surface area contributed by atoms with Gasteiger partial charge in [-0.25, -0.2) is 4.79 Å². The monoisotopic (exact) mass is 410 g/mol. The molecule has 0 aliphatic carbocycles. The Labute approximate surface area is 159 Å². The van der Waals surface area contributed by atoms with Crippen molar-refractivity contribution >= 4 is 21.9 Å². The van der Waals surface area contributed by atoms with Crippen LogP contribution >= 0.6 is 0 Å². The third-order valence-electron chi connectivity index (χ3n) is 3.79. The summed E-state index contributed by atoms with van der Waals surface area (Å²) in [5, 5.41) is 0.933. The van der Waals surface area contributed by atoms with E-state index in [1.165, 1.54) is 15.9 Å². The molecule has 0 N–H and O–H groups in total. The molecule has 0 bridgehead atoms. The van der Waals surface area contributed by atoms with Crippen molar-refractivity contribution in [2.45, 2.75) is 14.7 Å². The van der Waals surface area contributed by atoms with E-state index in [4.69, 9.17) is 4.42 Å². The molecule has 25 heavy (non-hydrogen) atoms. The molecule has 4 aromatic rings. The zero-order valence-electron chi connectivity index (χ0n) is 13.3. The third kappa shape index (κ3) is 3.70. The highest BCUT2D eigenvalue weighted by Crippen LogP contribution is 2.32. The normalized spacial score (nSPS) is 10.6. The van der Waals surface area contributed by atoms with Gasteiger partial charge in [0.2, 0.25) is 0 Å². The van der Waals surface area contributed by atoms with Crippen molar-refractivity contribution in [3.05, 3.63) is 101 Å². The van der Waals surface area contributed by atoms with Crippen LogP contribution in [-0.2, 0) is 10.9 Å². The predicted molar refractivity (Wildman–Crippen MR) is 97.5 cm³/mol. The van der Waals surface area contributed by atoms with E-state index < -0.39 is 0 Å². The van der Waals surface area contributed by atoms with Gasteiger partial charge in [0.05, 0.1) is 10.9 Å². The molecule has 0 spiro atoms. The minimum absolute atomic E-state index is 0. The summed E-state index contributed by atoms with van der Waals surface area (Å²) in [5.74, 6) is 0. The number of halogens is 1. The van der Waals surface area contributed by atoms with Gasteiger partial charge in [0.15, 0.2) is 14.7 Å². The Balaban J connectivity index is 0.00000182. The number of benzene rings is 3. The van der Waals surface area contributed by atoms with Crippen molar-refractivity contribution in [1.82, 2.24) is 0 Å². The molecule has 0 saturated heterocycles. The van der Waals surface area contributed by atoms with Gasteiger partial charge in [0, 0.05) is 17.5 Å². The lowest BCUT2D eigenvalue weighted by molar-refractivity contribution is -0.00000522. The van der Waals surface area contributed by atoms with Crippen molar-refractivity contribution in [2.24, 2.45) is 0 Å². The summed E-state index contributed by atoms with van der Waals surface area (Å²) in [6, 6.07) is 30.2. The molecule has 1 heterocycles. The first-order valence-electron chi connectivity index (χ1n) is 7.69. The maximum absolute atomic E-state index is 11.5. The fourth-order valence-electron chi connectivity index (χ4n) is 2.69. The minimum atomic E-state index is -0.320. The first kappa shape index (κ1) is 17.5. The molecule has 0 radical (unpaired) electrons. The maximum atomic E-state index is 11.5. The van der Waals surface area contributed by atoms with E-state index in [1.807, 2.05) is 24.3 Å². The van der Waals surface area contributed by atoms with Crippen LogP contribution in [0.5, 0.6) is 0 Å². The van der Waals surface area contributed by atoms with Crippen LogP contribution in [0.25, 0.3) is 11.0 Å². The van der Waals surface area contributed by atoms with Crippen molar-refractivity contribution < 1.29 is 21.4 Å². The highest BCUT2D eigenvalue weighted by Gasteiger charge is 2.28. The van der Waals surface area contributed by atoms with Crippen LogP contribution in [0.15, 0.2) is 115 Å². The molecule has 2 nitrogen and oxygen atoms in total. The number of hydrogen-bond acceptors (Lipinski definition) is 2. The molecule has 4 heteroatoms. The van der Waals surface area contributed by atoms with E-state index in [2.05, 4.69) is 54.6 Å². The van der Waals surface area contributed by atoms with E-state index in [9.17, 15) is 4.79 Å². The smallest absolute Gasteiger partial charge is 0.336 e. The zero-order valence-corrected chi connectivity index (χ0v) is 15.7. The molecular weight excluding hydrogens is 396 g/mol. The first-order valence-corrected chi connectivity index (χ1v) is 8.92. The van der Waals surface area contributed by atoms with Crippen molar-refractivity contribution in [1.29, 1.82) is 0 Å². The summed E-state index contributed by atoms with van der Waals surface area (Å²) >= 11 is 0. The van der Waals surface area contributed by atoms with E-state index in [1.54, 1.807) is 6.07 Å². The predicted octanol–water partition coefficient (Wildman–Crippen LogP) is 1.89. The van der Waals surface area contributed by atoms with Gasteiger partial charge in [-0.2, -0.15) is 0 Å². The van der Waals surface area contributed by atoms with Crippen LogP contribution in [0.2, 0.25) is 0 Å². The lowest BCUT2D eigenvalue weighted by Crippen LogP contribution is -3.00. The molecule has 3 aromatic carbocycles. The van der Waals surface area contributed by atoms with Crippen LogP contribution in [-0.4, -0.2) is 0 Å². The molecule has 0 unspecified atom stereocenters. The van der Waals surface area contributed by atoms with Gasteiger partial charge in [-0.15, -0.1) is 0 Å². The quantitative estimate of drug-likeness (QED) is 0.381. The first-order chi connectivity index (χ1) is 11.8. The molecule has 0 saturated carbocycles. The summed E-state index contributed by atoms with van der Waals surface area (Å²) in [7, 11) is -0.239. The zero-order chi connectivity index (χ0) is 16.4. The molecule has 0 aliphatic rings. The SMILES string of the molecule is O=c1ccc2ccc([S+](c3ccccc3)c3ccccc3)cc2o1.[Br-]. The Morgan fingerprint density at radius 1 is 0.640 bits per heavy atom. The lowest BCUT2D eigenvalue weighted by atomic mass is 10.2. The van der Waals surface area contributed by atoms with Crippen molar-refractivity contribution in [2.75, 3.05) is 0 Å². The second-order valence-corrected chi connectivity index (χ2v) is 7.41. The summed E-state index contributed by atoms with van der Waals surface area (Å²) in [5.41, 5.74) is 0.309. The largest absolute Gasteiger partial charge is 1.00 e. The molecule has 4 rings (SSSR count). The molecule has 0 atom stereocenters. The molecule has 0 amide bonds. The summed E-state index contributed by atoms with van der Waals surface area (Å²) in [4.78, 5) is 15.1. The molecule has 0 fully saturated rings. The van der Waals surface area contributed by atoms with Gasteiger partial charge in [-0.05, 0) is 42.5 Å². The van der Waals surface area contributed by atoms with Crippen molar-refractivity contribution in [3.8, 4) is 0 Å². The van der Waals surface area contributed by atoms with E-state index in [0.29, 0.717) is 5.58 Å². The Morgan fingerprint density at radius 3 is 1.80 bits per heavy atom. The van der Waals surface area contributed by atoms with Crippen LogP contribution in [0.1, 0.15) is 0 Å². The molecule has 1 aromatic heterocycles. The lowest BCUT2D eigenvalue weighted by Gasteiger charge is -2.08. The topological polar surface area (TPSA) is 30.2 Å². The third-order valence-corrected chi connectivity index (χ3v) is 6.00.